The first kappa shape index (κ1) is 30.2. The van der Waals surface area contributed by atoms with Crippen molar-refractivity contribution in [2.45, 2.75) is 64.5 Å². The van der Waals surface area contributed by atoms with Gasteiger partial charge in [0.2, 0.25) is 11.8 Å². The highest BCUT2D eigenvalue weighted by molar-refractivity contribution is 5.91. The highest BCUT2D eigenvalue weighted by Gasteiger charge is 2.45. The number of piperidine rings is 1. The van der Waals surface area contributed by atoms with Gasteiger partial charge in [-0.25, -0.2) is 8.78 Å². The van der Waals surface area contributed by atoms with Gasteiger partial charge in [-0.15, -0.1) is 0 Å². The number of hydrogen-bond acceptors (Lipinski definition) is 6. The molecule has 8 nitrogen and oxygen atoms in total. The molecule has 4 heterocycles. The van der Waals surface area contributed by atoms with Crippen LogP contribution >= 0.6 is 0 Å². The van der Waals surface area contributed by atoms with Crippen LogP contribution in [0.2, 0.25) is 0 Å². The van der Waals surface area contributed by atoms with E-state index in [9.17, 15) is 18.4 Å². The first-order chi connectivity index (χ1) is 21.2. The molecule has 234 valence electrons. The molecule has 3 fully saturated rings. The molecular formula is C34H41F2N5O3. The van der Waals surface area contributed by atoms with E-state index in [0.717, 1.165) is 56.8 Å². The summed E-state index contributed by atoms with van der Waals surface area (Å²) in [5.74, 6) is -0.870. The Morgan fingerprint density at radius 1 is 1.05 bits per heavy atom. The summed E-state index contributed by atoms with van der Waals surface area (Å²) in [6.07, 6.45) is 3.64. The molecule has 0 aliphatic carbocycles. The Morgan fingerprint density at radius 3 is 2.39 bits per heavy atom. The normalized spacial score (nSPS) is 20.9. The standard InChI is InChI=1S/C34H41F2N5O3/c1-21(2)30(28-18-29(39-44-28)40-19-34(20-40)13-15-37-16-14-34)33(43)41-17-5-8-27(41)32(42)38-22(3)23-9-11-24(12-10-23)31-25(35)6-4-7-26(31)36/h4,6-7,9-12,18,21-22,27,30,37H,5,8,13-17,19-20H2,1-3H3,(H,38,42)/t22-,27-,30+/m0/s1. The lowest BCUT2D eigenvalue weighted by Crippen LogP contribution is -2.60. The van der Waals surface area contributed by atoms with Gasteiger partial charge in [0, 0.05) is 31.1 Å². The van der Waals surface area contributed by atoms with Crippen LogP contribution in [0.15, 0.2) is 53.1 Å². The first-order valence-electron chi connectivity index (χ1n) is 15.7. The fourth-order valence-electron chi connectivity index (χ4n) is 7.10. The van der Waals surface area contributed by atoms with Crippen LogP contribution in [0.25, 0.3) is 11.1 Å². The maximum Gasteiger partial charge on any atom is 0.243 e. The molecule has 3 aliphatic rings. The summed E-state index contributed by atoms with van der Waals surface area (Å²) in [5, 5.41) is 10.8. The molecule has 0 saturated carbocycles. The minimum absolute atomic E-state index is 0.0449. The number of nitrogens with one attached hydrogen (secondary N) is 2. The predicted octanol–water partition coefficient (Wildman–Crippen LogP) is 5.42. The molecule has 3 aliphatic heterocycles. The van der Waals surface area contributed by atoms with E-state index in [1.54, 1.807) is 29.2 Å². The second kappa shape index (κ2) is 12.3. The second-order valence-electron chi connectivity index (χ2n) is 13.1. The van der Waals surface area contributed by atoms with Crippen LogP contribution in [-0.2, 0) is 9.59 Å². The summed E-state index contributed by atoms with van der Waals surface area (Å²) >= 11 is 0. The molecule has 3 saturated heterocycles. The highest BCUT2D eigenvalue weighted by atomic mass is 19.1. The van der Waals surface area contributed by atoms with Crippen molar-refractivity contribution in [2.24, 2.45) is 11.3 Å². The largest absolute Gasteiger partial charge is 0.358 e. The lowest BCUT2D eigenvalue weighted by molar-refractivity contribution is -0.141. The second-order valence-corrected chi connectivity index (χ2v) is 13.1. The Kier molecular flexibility index (Phi) is 8.46. The summed E-state index contributed by atoms with van der Waals surface area (Å²) in [6.45, 7) is 10.3. The average molecular weight is 606 g/mol. The van der Waals surface area contributed by atoms with Gasteiger partial charge in [0.25, 0.3) is 0 Å². The minimum atomic E-state index is -0.627. The van der Waals surface area contributed by atoms with Gasteiger partial charge in [-0.05, 0) is 74.9 Å². The van der Waals surface area contributed by atoms with Gasteiger partial charge in [0.1, 0.15) is 23.6 Å². The number of likely N-dealkylation sites (tertiary alicyclic amines) is 1. The van der Waals surface area contributed by atoms with Crippen molar-refractivity contribution in [2.75, 3.05) is 37.6 Å². The Bertz CT molecular complexity index is 1470. The van der Waals surface area contributed by atoms with Crippen molar-refractivity contribution < 1.29 is 22.9 Å². The number of rotatable bonds is 8. The third-order valence-electron chi connectivity index (χ3n) is 9.66. The zero-order valence-electron chi connectivity index (χ0n) is 25.6. The Balaban J connectivity index is 1.10. The van der Waals surface area contributed by atoms with Gasteiger partial charge in [0.15, 0.2) is 11.6 Å². The fourth-order valence-corrected chi connectivity index (χ4v) is 7.10. The van der Waals surface area contributed by atoms with E-state index in [2.05, 4.69) is 20.7 Å². The van der Waals surface area contributed by atoms with E-state index in [4.69, 9.17) is 4.52 Å². The average Bonchev–Trinajstić information content (AvgIpc) is 3.67. The number of amides is 2. The van der Waals surface area contributed by atoms with E-state index < -0.39 is 23.6 Å². The van der Waals surface area contributed by atoms with E-state index in [0.29, 0.717) is 29.7 Å². The van der Waals surface area contributed by atoms with E-state index in [1.807, 2.05) is 26.8 Å². The molecule has 0 radical (unpaired) electrons. The molecule has 10 heteroatoms. The predicted molar refractivity (Wildman–Crippen MR) is 164 cm³/mol. The summed E-state index contributed by atoms with van der Waals surface area (Å²) in [7, 11) is 0. The fraction of sp³-hybridized carbons (Fsp3) is 0.500. The van der Waals surface area contributed by atoms with E-state index in [-0.39, 0.29) is 29.3 Å². The van der Waals surface area contributed by atoms with Gasteiger partial charge in [-0.1, -0.05) is 49.3 Å². The number of benzene rings is 2. The molecule has 2 amide bonds. The molecule has 44 heavy (non-hydrogen) atoms. The third-order valence-corrected chi connectivity index (χ3v) is 9.66. The number of hydrogen-bond donors (Lipinski definition) is 2. The summed E-state index contributed by atoms with van der Waals surface area (Å²) in [4.78, 5) is 31.4. The van der Waals surface area contributed by atoms with Crippen molar-refractivity contribution in [3.63, 3.8) is 0 Å². The van der Waals surface area contributed by atoms with Gasteiger partial charge < -0.3 is 25.0 Å². The number of nitrogens with zero attached hydrogens (tertiary/aromatic N) is 3. The molecular weight excluding hydrogens is 564 g/mol. The van der Waals surface area contributed by atoms with Crippen molar-refractivity contribution in [3.8, 4) is 11.1 Å². The quantitative estimate of drug-likeness (QED) is 0.357. The maximum atomic E-state index is 14.2. The van der Waals surface area contributed by atoms with Crippen LogP contribution in [0.3, 0.4) is 0 Å². The third kappa shape index (κ3) is 5.84. The minimum Gasteiger partial charge on any atom is -0.358 e. The molecule has 0 unspecified atom stereocenters. The number of anilines is 1. The summed E-state index contributed by atoms with van der Waals surface area (Å²) < 4.78 is 34.3. The molecule has 2 aromatic carbocycles. The summed E-state index contributed by atoms with van der Waals surface area (Å²) in [5.41, 5.74) is 1.49. The maximum absolute atomic E-state index is 14.2. The van der Waals surface area contributed by atoms with Crippen LogP contribution < -0.4 is 15.5 Å². The van der Waals surface area contributed by atoms with Crippen LogP contribution in [0, 0.1) is 23.0 Å². The van der Waals surface area contributed by atoms with Gasteiger partial charge in [-0.3, -0.25) is 9.59 Å². The molecule has 6 rings (SSSR count). The summed E-state index contributed by atoms with van der Waals surface area (Å²) in [6, 6.07) is 11.5. The monoisotopic (exact) mass is 605 g/mol. The van der Waals surface area contributed by atoms with Crippen molar-refractivity contribution in [3.05, 3.63) is 71.5 Å². The smallest absolute Gasteiger partial charge is 0.243 e. The topological polar surface area (TPSA) is 90.7 Å². The van der Waals surface area contributed by atoms with Crippen LogP contribution in [-0.4, -0.2) is 60.6 Å². The lowest BCUT2D eigenvalue weighted by Gasteiger charge is -2.52. The number of carbonyl (C=O) groups excluding carboxylic acids is 2. The van der Waals surface area contributed by atoms with Crippen LogP contribution in [0.1, 0.15) is 69.7 Å². The number of aromatic nitrogens is 1. The zero-order valence-corrected chi connectivity index (χ0v) is 25.6. The molecule has 3 atom stereocenters. The Morgan fingerprint density at radius 2 is 1.73 bits per heavy atom. The molecule has 3 aromatic rings. The molecule has 2 N–H and O–H groups in total. The number of carbonyl (C=O) groups is 2. The number of halogens is 2. The first-order valence-corrected chi connectivity index (χ1v) is 15.7. The highest BCUT2D eigenvalue weighted by Crippen LogP contribution is 2.42. The van der Waals surface area contributed by atoms with Crippen LogP contribution in [0.4, 0.5) is 14.6 Å². The molecule has 0 bridgehead atoms. The van der Waals surface area contributed by atoms with Crippen molar-refractivity contribution in [1.82, 2.24) is 20.7 Å². The lowest BCUT2D eigenvalue weighted by atomic mass is 9.72. The van der Waals surface area contributed by atoms with E-state index >= 15 is 0 Å². The zero-order chi connectivity index (χ0) is 31.0. The van der Waals surface area contributed by atoms with E-state index in [1.165, 1.54) is 18.2 Å². The van der Waals surface area contributed by atoms with Crippen molar-refractivity contribution >= 4 is 17.6 Å². The SMILES string of the molecule is CC(C)[C@@H](C(=O)N1CCC[C@H]1C(=O)N[C@@H](C)c1ccc(-c2c(F)cccc2F)cc1)c1cc(N2CC3(CCNCC3)C2)no1. The molecule has 1 spiro atoms. The molecule has 1 aromatic heterocycles. The van der Waals surface area contributed by atoms with Crippen molar-refractivity contribution in [1.29, 1.82) is 0 Å². The Labute approximate surface area is 257 Å². The van der Waals surface area contributed by atoms with Crippen LogP contribution in [0.5, 0.6) is 0 Å². The van der Waals surface area contributed by atoms with Gasteiger partial charge in [-0.2, -0.15) is 0 Å². The van der Waals surface area contributed by atoms with Gasteiger partial charge in [0.05, 0.1) is 11.6 Å². The van der Waals surface area contributed by atoms with Gasteiger partial charge >= 0.3 is 0 Å². The Hall–Kier alpha value is -3.79.